The number of hydrogen-bond acceptors (Lipinski definition) is 3. The number of ether oxygens (including phenoxy) is 2. The SMILES string of the molecule is CCOc1ccc(C(=O)N2CCC[C@]3(CCC[C@H]3OC)C2)cc1Cl. The molecule has 2 aliphatic rings. The minimum Gasteiger partial charge on any atom is -0.492 e. The third kappa shape index (κ3) is 3.27. The van der Waals surface area contributed by atoms with Gasteiger partial charge < -0.3 is 14.4 Å². The van der Waals surface area contributed by atoms with Gasteiger partial charge in [0.05, 0.1) is 17.7 Å². The molecular weight excluding hydrogens is 326 g/mol. The van der Waals surface area contributed by atoms with Crippen LogP contribution in [0, 0.1) is 5.41 Å². The van der Waals surface area contributed by atoms with E-state index in [1.54, 1.807) is 19.2 Å². The van der Waals surface area contributed by atoms with Crippen molar-refractivity contribution in [1.82, 2.24) is 4.90 Å². The summed E-state index contributed by atoms with van der Waals surface area (Å²) in [6.45, 7) is 4.06. The van der Waals surface area contributed by atoms with Crippen molar-refractivity contribution in [2.24, 2.45) is 5.41 Å². The van der Waals surface area contributed by atoms with Crippen LogP contribution in [0.1, 0.15) is 49.4 Å². The Kier molecular flexibility index (Phi) is 5.36. The van der Waals surface area contributed by atoms with Crippen LogP contribution in [0.4, 0.5) is 0 Å². The lowest BCUT2D eigenvalue weighted by Crippen LogP contribution is -2.49. The Hall–Kier alpha value is -1.26. The normalized spacial score (nSPS) is 26.8. The lowest BCUT2D eigenvalue weighted by atomic mass is 9.76. The van der Waals surface area contributed by atoms with Crippen molar-refractivity contribution >= 4 is 17.5 Å². The third-order valence-corrected chi connectivity index (χ3v) is 5.78. The molecule has 132 valence electrons. The summed E-state index contributed by atoms with van der Waals surface area (Å²) in [7, 11) is 1.80. The fourth-order valence-corrected chi connectivity index (χ4v) is 4.60. The van der Waals surface area contributed by atoms with Gasteiger partial charge in [-0.05, 0) is 50.8 Å². The predicted octanol–water partition coefficient (Wildman–Crippen LogP) is 4.16. The molecule has 1 heterocycles. The molecule has 1 aromatic rings. The molecule has 2 atom stereocenters. The van der Waals surface area contributed by atoms with Crippen molar-refractivity contribution in [1.29, 1.82) is 0 Å². The number of rotatable bonds is 4. The van der Waals surface area contributed by atoms with Gasteiger partial charge in [0, 0.05) is 31.2 Å². The zero-order valence-electron chi connectivity index (χ0n) is 14.5. The lowest BCUT2D eigenvalue weighted by molar-refractivity contribution is -0.0295. The molecule has 1 aliphatic heterocycles. The third-order valence-electron chi connectivity index (χ3n) is 5.48. The Morgan fingerprint density at radius 3 is 2.88 bits per heavy atom. The van der Waals surface area contributed by atoms with Gasteiger partial charge in [0.15, 0.2) is 0 Å². The van der Waals surface area contributed by atoms with Gasteiger partial charge in [-0.25, -0.2) is 0 Å². The fourth-order valence-electron chi connectivity index (χ4n) is 4.36. The fraction of sp³-hybridized carbons (Fsp3) is 0.632. The topological polar surface area (TPSA) is 38.8 Å². The van der Waals surface area contributed by atoms with E-state index in [0.717, 1.165) is 38.8 Å². The van der Waals surface area contributed by atoms with Crippen molar-refractivity contribution < 1.29 is 14.3 Å². The molecule has 1 aliphatic carbocycles. The van der Waals surface area contributed by atoms with Gasteiger partial charge in [-0.2, -0.15) is 0 Å². The van der Waals surface area contributed by atoms with Crippen molar-refractivity contribution in [3.63, 3.8) is 0 Å². The largest absolute Gasteiger partial charge is 0.492 e. The van der Waals surface area contributed by atoms with Crippen LogP contribution in [0.15, 0.2) is 18.2 Å². The first kappa shape index (κ1) is 17.6. The van der Waals surface area contributed by atoms with Gasteiger partial charge in [0.25, 0.3) is 5.91 Å². The van der Waals surface area contributed by atoms with Gasteiger partial charge in [-0.1, -0.05) is 18.0 Å². The van der Waals surface area contributed by atoms with Crippen LogP contribution in [0.5, 0.6) is 5.75 Å². The second kappa shape index (κ2) is 7.32. The Morgan fingerprint density at radius 1 is 1.38 bits per heavy atom. The summed E-state index contributed by atoms with van der Waals surface area (Å²) >= 11 is 6.24. The van der Waals surface area contributed by atoms with Gasteiger partial charge in [0.1, 0.15) is 5.75 Å². The second-order valence-electron chi connectivity index (χ2n) is 6.89. The smallest absolute Gasteiger partial charge is 0.253 e. The Bertz CT molecular complexity index is 606. The zero-order chi connectivity index (χ0) is 17.2. The summed E-state index contributed by atoms with van der Waals surface area (Å²) in [5.74, 6) is 0.682. The van der Waals surface area contributed by atoms with Gasteiger partial charge in [0.2, 0.25) is 0 Å². The molecular formula is C19H26ClNO3. The molecule has 4 nitrogen and oxygen atoms in total. The van der Waals surface area contributed by atoms with E-state index in [1.807, 2.05) is 17.9 Å². The van der Waals surface area contributed by atoms with E-state index in [-0.39, 0.29) is 17.4 Å². The predicted molar refractivity (Wildman–Crippen MR) is 94.8 cm³/mol. The van der Waals surface area contributed by atoms with Crippen LogP contribution in [-0.2, 0) is 4.74 Å². The number of hydrogen-bond donors (Lipinski definition) is 0. The van der Waals surface area contributed by atoms with E-state index in [4.69, 9.17) is 21.1 Å². The second-order valence-corrected chi connectivity index (χ2v) is 7.29. The zero-order valence-corrected chi connectivity index (χ0v) is 15.3. The maximum Gasteiger partial charge on any atom is 0.253 e. The van der Waals surface area contributed by atoms with Crippen molar-refractivity contribution in [2.75, 3.05) is 26.8 Å². The summed E-state index contributed by atoms with van der Waals surface area (Å²) in [6, 6.07) is 5.31. The van der Waals surface area contributed by atoms with E-state index < -0.39 is 0 Å². The number of carbonyl (C=O) groups excluding carboxylic acids is 1. The van der Waals surface area contributed by atoms with Crippen LogP contribution >= 0.6 is 11.6 Å². The number of benzene rings is 1. The standard InChI is InChI=1S/C19H26ClNO3/c1-3-24-16-8-7-14(12-15(16)20)18(22)21-11-5-10-19(13-21)9-4-6-17(19)23-2/h7-8,12,17H,3-6,9-11,13H2,1-2H3/t17-,19-/m1/s1. The van der Waals surface area contributed by atoms with Crippen LogP contribution in [0.3, 0.4) is 0 Å². The molecule has 1 aromatic carbocycles. The molecule has 0 bridgehead atoms. The molecule has 1 saturated carbocycles. The molecule has 3 rings (SSSR count). The monoisotopic (exact) mass is 351 g/mol. The van der Waals surface area contributed by atoms with Crippen molar-refractivity contribution in [3.8, 4) is 5.75 Å². The van der Waals surface area contributed by atoms with E-state index in [9.17, 15) is 4.79 Å². The van der Waals surface area contributed by atoms with Crippen LogP contribution in [-0.4, -0.2) is 43.7 Å². The molecule has 5 heteroatoms. The van der Waals surface area contributed by atoms with E-state index in [2.05, 4.69) is 0 Å². The average Bonchev–Trinajstić information content (AvgIpc) is 2.98. The Balaban J connectivity index is 1.76. The molecule has 0 unspecified atom stereocenters. The summed E-state index contributed by atoms with van der Waals surface area (Å²) < 4.78 is 11.2. The highest BCUT2D eigenvalue weighted by atomic mass is 35.5. The maximum atomic E-state index is 12.9. The summed E-state index contributed by atoms with van der Waals surface area (Å²) in [5, 5.41) is 0.491. The summed E-state index contributed by atoms with van der Waals surface area (Å²) in [4.78, 5) is 14.9. The summed E-state index contributed by atoms with van der Waals surface area (Å²) in [6.07, 6.45) is 5.91. The number of piperidine rings is 1. The number of methoxy groups -OCH3 is 1. The maximum absolute atomic E-state index is 12.9. The quantitative estimate of drug-likeness (QED) is 0.817. The highest BCUT2D eigenvalue weighted by Crippen LogP contribution is 2.46. The van der Waals surface area contributed by atoms with Crippen molar-refractivity contribution in [2.45, 2.75) is 45.1 Å². The van der Waals surface area contributed by atoms with Crippen LogP contribution in [0.2, 0.25) is 5.02 Å². The minimum absolute atomic E-state index is 0.0563. The van der Waals surface area contributed by atoms with Crippen LogP contribution in [0.25, 0.3) is 0 Å². The van der Waals surface area contributed by atoms with E-state index in [1.165, 1.54) is 6.42 Å². The Labute approximate surface area is 149 Å². The highest BCUT2D eigenvalue weighted by molar-refractivity contribution is 6.32. The molecule has 0 N–H and O–H groups in total. The van der Waals surface area contributed by atoms with Crippen molar-refractivity contribution in [3.05, 3.63) is 28.8 Å². The first-order chi connectivity index (χ1) is 11.6. The lowest BCUT2D eigenvalue weighted by Gasteiger charge is -2.43. The molecule has 1 amide bonds. The summed E-state index contributed by atoms with van der Waals surface area (Å²) in [5.41, 5.74) is 0.769. The number of carbonyl (C=O) groups is 1. The molecule has 24 heavy (non-hydrogen) atoms. The number of halogens is 1. The van der Waals surface area contributed by atoms with Gasteiger partial charge >= 0.3 is 0 Å². The minimum atomic E-state index is 0.0563. The Morgan fingerprint density at radius 2 is 2.17 bits per heavy atom. The van der Waals surface area contributed by atoms with Gasteiger partial charge in [-0.3, -0.25) is 4.79 Å². The van der Waals surface area contributed by atoms with Gasteiger partial charge in [-0.15, -0.1) is 0 Å². The highest BCUT2D eigenvalue weighted by Gasteiger charge is 2.46. The number of nitrogens with zero attached hydrogens (tertiary/aromatic N) is 1. The average molecular weight is 352 g/mol. The number of amides is 1. The molecule has 1 saturated heterocycles. The van der Waals surface area contributed by atoms with E-state index in [0.29, 0.717) is 22.9 Å². The number of likely N-dealkylation sites (tertiary alicyclic amines) is 1. The first-order valence-corrected chi connectivity index (χ1v) is 9.22. The molecule has 1 spiro atoms. The molecule has 0 aromatic heterocycles. The molecule has 0 radical (unpaired) electrons. The van der Waals surface area contributed by atoms with E-state index >= 15 is 0 Å². The van der Waals surface area contributed by atoms with Crippen LogP contribution < -0.4 is 4.74 Å². The first-order valence-electron chi connectivity index (χ1n) is 8.84. The molecule has 2 fully saturated rings.